The Morgan fingerprint density at radius 2 is 2.00 bits per heavy atom. The minimum absolute atomic E-state index is 0. The van der Waals surface area contributed by atoms with Crippen LogP contribution in [0.3, 0.4) is 0 Å². The summed E-state index contributed by atoms with van der Waals surface area (Å²) in [6.07, 6.45) is 5.96. The summed E-state index contributed by atoms with van der Waals surface area (Å²) in [4.78, 5) is 24.6. The Balaban J connectivity index is 0.00000272. The van der Waals surface area contributed by atoms with E-state index >= 15 is 0 Å². The normalized spacial score (nSPS) is 43.9. The first-order valence-corrected chi connectivity index (χ1v) is 11.6. The van der Waals surface area contributed by atoms with Gasteiger partial charge in [0.1, 0.15) is 6.61 Å². The van der Waals surface area contributed by atoms with Crippen molar-refractivity contribution >= 4 is 22.0 Å². The molecule has 0 amide bonds. The number of aliphatic hydroxyl groups excluding tert-OH is 2. The van der Waals surface area contributed by atoms with Gasteiger partial charge in [-0.1, -0.05) is 25.5 Å². The Morgan fingerprint density at radius 3 is 2.61 bits per heavy atom. The molecule has 0 aliphatic heterocycles. The van der Waals surface area contributed by atoms with Crippen LogP contribution in [-0.2, 0) is 24.2 Å². The van der Waals surface area contributed by atoms with Gasteiger partial charge in [0.05, 0.1) is 6.10 Å². The SMILES string of the molecule is C[C@]12C=CC(=O)C=C1CC[C@@H]1[C@@H]2[C@@H](O)C[C@@]2(C)[C@H]1CC[C@]2(OS(=O)(=O)[O-])C(=O)CO.[Na+]. The van der Waals surface area contributed by atoms with E-state index in [1.165, 1.54) is 6.08 Å². The molecule has 3 fully saturated rings. The fraction of sp³-hybridized carbons (Fsp3) is 0.714. The van der Waals surface area contributed by atoms with Crippen molar-refractivity contribution in [2.24, 2.45) is 28.6 Å². The summed E-state index contributed by atoms with van der Waals surface area (Å²) >= 11 is 0. The molecule has 0 saturated heterocycles. The maximum absolute atomic E-state index is 12.7. The van der Waals surface area contributed by atoms with Gasteiger partial charge < -0.3 is 14.8 Å². The minimum atomic E-state index is -5.22. The maximum atomic E-state index is 12.7. The molecule has 2 N–H and O–H groups in total. The van der Waals surface area contributed by atoms with Gasteiger partial charge in [0, 0.05) is 16.7 Å². The molecule has 4 aliphatic carbocycles. The van der Waals surface area contributed by atoms with E-state index in [-0.39, 0.29) is 65.9 Å². The zero-order chi connectivity index (χ0) is 22.1. The van der Waals surface area contributed by atoms with Crippen LogP contribution in [0.5, 0.6) is 0 Å². The minimum Gasteiger partial charge on any atom is -0.725 e. The van der Waals surface area contributed by atoms with Crippen LogP contribution < -0.4 is 29.6 Å². The van der Waals surface area contributed by atoms with Gasteiger partial charge in [-0.3, -0.25) is 13.8 Å². The van der Waals surface area contributed by atoms with Gasteiger partial charge in [0.15, 0.2) is 17.2 Å². The molecule has 4 aliphatic rings. The van der Waals surface area contributed by atoms with E-state index in [0.29, 0.717) is 19.3 Å². The zero-order valence-corrected chi connectivity index (χ0v) is 20.9. The second kappa shape index (κ2) is 8.13. The number of fused-ring (bicyclic) bond motifs is 5. The Kier molecular flexibility index (Phi) is 6.62. The molecule has 0 radical (unpaired) electrons. The average Bonchev–Trinajstić information content (AvgIpc) is 2.92. The summed E-state index contributed by atoms with van der Waals surface area (Å²) in [5.41, 5.74) is -2.62. The van der Waals surface area contributed by atoms with Gasteiger partial charge in [0.25, 0.3) is 0 Å². The quantitative estimate of drug-likeness (QED) is 0.279. The second-order valence-corrected chi connectivity index (χ2v) is 10.6. The summed E-state index contributed by atoms with van der Waals surface area (Å²) in [5.74, 6) is -1.34. The molecule has 31 heavy (non-hydrogen) atoms. The molecule has 3 saturated carbocycles. The van der Waals surface area contributed by atoms with Gasteiger partial charge in [-0.05, 0) is 56.1 Å². The molecule has 0 aromatic heterocycles. The van der Waals surface area contributed by atoms with E-state index in [9.17, 15) is 32.8 Å². The molecular formula is C21H27NaO8S. The summed E-state index contributed by atoms with van der Waals surface area (Å²) in [6.45, 7) is 2.75. The molecule has 0 bridgehead atoms. The number of ketones is 2. The standard InChI is InChI=1S/C21H28O8S.Na/c1-19-7-5-13(23)9-12(19)3-4-14-15-6-8-21(17(25)11-22,29-30(26,27)28)20(15,2)10-16(24)18(14)19;/h5,7,9,14-16,18,22,24H,3-4,6,8,10-11H2,1-2H3,(H,26,27,28);/q;+1/p-1/t14-,15-,16-,18+,19-,20-,21-;/m0./s1. The van der Waals surface area contributed by atoms with Crippen LogP contribution in [0.15, 0.2) is 23.8 Å². The van der Waals surface area contributed by atoms with Crippen LogP contribution in [0, 0.1) is 28.6 Å². The number of Topliss-reactive ketones (excluding diaryl/α,β-unsaturated/α-hetero) is 1. The first kappa shape index (κ1) is 25.2. The van der Waals surface area contributed by atoms with Gasteiger partial charge in [-0.15, -0.1) is 0 Å². The summed E-state index contributed by atoms with van der Waals surface area (Å²) in [7, 11) is -5.22. The van der Waals surface area contributed by atoms with Crippen molar-refractivity contribution in [1.29, 1.82) is 0 Å². The fourth-order valence-electron chi connectivity index (χ4n) is 7.26. The van der Waals surface area contributed by atoms with Gasteiger partial charge >= 0.3 is 29.6 Å². The van der Waals surface area contributed by atoms with E-state index in [1.54, 1.807) is 13.0 Å². The average molecular weight is 462 g/mol. The van der Waals surface area contributed by atoms with Crippen molar-refractivity contribution in [3.8, 4) is 0 Å². The number of hydrogen-bond donors (Lipinski definition) is 2. The largest absolute Gasteiger partial charge is 1.00 e. The number of carbonyl (C=O) groups is 2. The predicted molar refractivity (Wildman–Crippen MR) is 104 cm³/mol. The van der Waals surface area contributed by atoms with Crippen molar-refractivity contribution in [3.05, 3.63) is 23.8 Å². The fourth-order valence-corrected chi connectivity index (χ4v) is 7.97. The number of carbonyl (C=O) groups excluding carboxylic acids is 2. The molecule has 8 nitrogen and oxygen atoms in total. The maximum Gasteiger partial charge on any atom is 1.00 e. The first-order valence-electron chi connectivity index (χ1n) is 10.3. The predicted octanol–water partition coefficient (Wildman–Crippen LogP) is -1.95. The third kappa shape index (κ3) is 3.65. The molecule has 166 valence electrons. The Morgan fingerprint density at radius 1 is 1.32 bits per heavy atom. The monoisotopic (exact) mass is 462 g/mol. The van der Waals surface area contributed by atoms with Crippen molar-refractivity contribution in [1.82, 2.24) is 0 Å². The van der Waals surface area contributed by atoms with Crippen LogP contribution >= 0.6 is 0 Å². The van der Waals surface area contributed by atoms with Crippen molar-refractivity contribution in [2.45, 2.75) is 57.7 Å². The summed E-state index contributed by atoms with van der Waals surface area (Å²) < 4.78 is 39.5. The van der Waals surface area contributed by atoms with Gasteiger partial charge in [-0.2, -0.15) is 0 Å². The zero-order valence-electron chi connectivity index (χ0n) is 18.0. The smallest absolute Gasteiger partial charge is 0.725 e. The number of hydrogen-bond acceptors (Lipinski definition) is 8. The Bertz CT molecular complexity index is 958. The van der Waals surface area contributed by atoms with E-state index in [1.807, 2.05) is 13.0 Å². The van der Waals surface area contributed by atoms with Crippen LogP contribution in [0.2, 0.25) is 0 Å². The molecule has 7 atom stereocenters. The Labute approximate surface area is 204 Å². The summed E-state index contributed by atoms with van der Waals surface area (Å²) in [6, 6.07) is 0. The van der Waals surface area contributed by atoms with Crippen molar-refractivity contribution in [2.75, 3.05) is 6.61 Å². The van der Waals surface area contributed by atoms with Crippen molar-refractivity contribution in [3.63, 3.8) is 0 Å². The molecular weight excluding hydrogens is 435 g/mol. The molecule has 4 rings (SSSR count). The third-order valence-electron chi connectivity index (χ3n) is 8.45. The molecule has 0 aromatic carbocycles. The van der Waals surface area contributed by atoms with Crippen LogP contribution in [0.1, 0.15) is 46.0 Å². The van der Waals surface area contributed by atoms with Crippen LogP contribution in [-0.4, -0.2) is 53.1 Å². The number of allylic oxidation sites excluding steroid dienone is 4. The molecule has 0 unspecified atom stereocenters. The molecule has 0 heterocycles. The summed E-state index contributed by atoms with van der Waals surface area (Å²) in [5, 5.41) is 20.8. The van der Waals surface area contributed by atoms with Gasteiger partial charge in [-0.25, -0.2) is 8.42 Å². The second-order valence-electron chi connectivity index (χ2n) is 9.65. The van der Waals surface area contributed by atoms with E-state index in [4.69, 9.17) is 4.18 Å². The molecule has 0 spiro atoms. The number of aliphatic hydroxyl groups is 2. The molecule has 0 aromatic rings. The van der Waals surface area contributed by atoms with E-state index < -0.39 is 45.3 Å². The van der Waals surface area contributed by atoms with E-state index in [2.05, 4.69) is 0 Å². The topological polar surface area (TPSA) is 141 Å². The van der Waals surface area contributed by atoms with E-state index in [0.717, 1.165) is 5.57 Å². The van der Waals surface area contributed by atoms with Gasteiger partial charge in [0.2, 0.25) is 10.4 Å². The molecule has 10 heteroatoms. The number of rotatable bonds is 4. The third-order valence-corrected chi connectivity index (χ3v) is 8.94. The Hall–Kier alpha value is -0.390. The van der Waals surface area contributed by atoms with Crippen molar-refractivity contribution < 1.29 is 66.5 Å². The first-order chi connectivity index (χ1) is 13.9. The van der Waals surface area contributed by atoms with Crippen LogP contribution in [0.4, 0.5) is 0 Å². The van der Waals surface area contributed by atoms with Crippen LogP contribution in [0.25, 0.3) is 0 Å².